The molecule has 0 aliphatic carbocycles. The molecule has 1 rings (SSSR count). The summed E-state index contributed by atoms with van der Waals surface area (Å²) in [6, 6.07) is 0. The van der Waals surface area contributed by atoms with Gasteiger partial charge in [0, 0.05) is 6.54 Å². The maximum atomic E-state index is 12.0. The summed E-state index contributed by atoms with van der Waals surface area (Å²) in [6.45, 7) is 10.3. The molecule has 98 valence electrons. The van der Waals surface area contributed by atoms with Crippen LogP contribution in [0.5, 0.6) is 0 Å². The number of amides is 1. The molecule has 1 amide bonds. The van der Waals surface area contributed by atoms with Crippen LogP contribution in [0.1, 0.15) is 33.1 Å². The van der Waals surface area contributed by atoms with Crippen LogP contribution in [0.15, 0.2) is 12.2 Å². The highest BCUT2D eigenvalue weighted by atomic mass is 16.5. The third-order valence-electron chi connectivity index (χ3n) is 3.16. The molecule has 4 nitrogen and oxygen atoms in total. The fourth-order valence-corrected chi connectivity index (χ4v) is 2.11. The van der Waals surface area contributed by atoms with Crippen molar-refractivity contribution in [2.45, 2.75) is 38.6 Å². The predicted octanol–water partition coefficient (Wildman–Crippen LogP) is 1.23. The molecular formula is C13H24N2O2. The van der Waals surface area contributed by atoms with E-state index in [2.05, 4.69) is 24.1 Å². The Kier molecular flexibility index (Phi) is 5.65. The number of carbonyl (C=O) groups is 1. The molecule has 1 unspecified atom stereocenters. The highest BCUT2D eigenvalue weighted by Crippen LogP contribution is 2.22. The number of hydrogen-bond donors (Lipinski definition) is 2. The van der Waals surface area contributed by atoms with E-state index >= 15 is 0 Å². The van der Waals surface area contributed by atoms with E-state index < -0.39 is 0 Å². The third-order valence-corrected chi connectivity index (χ3v) is 3.16. The van der Waals surface area contributed by atoms with Crippen LogP contribution in [0.4, 0.5) is 0 Å². The fourth-order valence-electron chi connectivity index (χ4n) is 2.11. The topological polar surface area (TPSA) is 50.4 Å². The van der Waals surface area contributed by atoms with Gasteiger partial charge < -0.3 is 15.4 Å². The Hall–Kier alpha value is -0.870. The number of nitrogens with one attached hydrogen (secondary N) is 2. The molecule has 0 aromatic carbocycles. The van der Waals surface area contributed by atoms with Crippen LogP contribution in [0.3, 0.4) is 0 Å². The standard InChI is InChI=1S/C13H24N2O2/c1-4-13(6-5-7-15-13)12(16)14-8-9-17-10-11(2)3/h15H,2,4-10H2,1,3H3,(H,14,16). The predicted molar refractivity (Wildman–Crippen MR) is 68.9 cm³/mol. The van der Waals surface area contributed by atoms with Gasteiger partial charge in [-0.2, -0.15) is 0 Å². The molecule has 1 fully saturated rings. The average molecular weight is 240 g/mol. The number of hydrogen-bond acceptors (Lipinski definition) is 3. The van der Waals surface area contributed by atoms with Crippen molar-refractivity contribution in [1.29, 1.82) is 0 Å². The van der Waals surface area contributed by atoms with E-state index in [1.807, 2.05) is 6.92 Å². The first-order chi connectivity index (χ1) is 8.10. The van der Waals surface area contributed by atoms with E-state index in [0.29, 0.717) is 19.8 Å². The molecule has 1 saturated heterocycles. The second-order valence-electron chi connectivity index (χ2n) is 4.73. The van der Waals surface area contributed by atoms with Crippen LogP contribution in [-0.4, -0.2) is 37.7 Å². The SMILES string of the molecule is C=C(C)COCCNC(=O)C1(CC)CCCN1. The summed E-state index contributed by atoms with van der Waals surface area (Å²) >= 11 is 0. The maximum absolute atomic E-state index is 12.0. The zero-order valence-corrected chi connectivity index (χ0v) is 11.0. The Morgan fingerprint density at radius 3 is 2.88 bits per heavy atom. The minimum Gasteiger partial charge on any atom is -0.375 e. The molecule has 1 aliphatic rings. The van der Waals surface area contributed by atoms with Gasteiger partial charge in [-0.15, -0.1) is 0 Å². The minimum atomic E-state index is -0.339. The van der Waals surface area contributed by atoms with Crippen molar-refractivity contribution in [2.75, 3.05) is 26.3 Å². The number of rotatable bonds is 7. The second kappa shape index (κ2) is 6.77. The summed E-state index contributed by atoms with van der Waals surface area (Å²) in [5.41, 5.74) is 0.660. The summed E-state index contributed by atoms with van der Waals surface area (Å²) in [5.74, 6) is 0.108. The van der Waals surface area contributed by atoms with Gasteiger partial charge in [-0.05, 0) is 32.7 Å². The zero-order valence-electron chi connectivity index (χ0n) is 11.0. The molecule has 0 aromatic rings. The van der Waals surface area contributed by atoms with Crippen molar-refractivity contribution in [3.8, 4) is 0 Å². The van der Waals surface area contributed by atoms with Crippen molar-refractivity contribution in [2.24, 2.45) is 0 Å². The van der Waals surface area contributed by atoms with Crippen LogP contribution in [0.25, 0.3) is 0 Å². The fraction of sp³-hybridized carbons (Fsp3) is 0.769. The normalized spacial score (nSPS) is 23.6. The van der Waals surface area contributed by atoms with Crippen molar-refractivity contribution < 1.29 is 9.53 Å². The van der Waals surface area contributed by atoms with Gasteiger partial charge in [0.15, 0.2) is 0 Å². The van der Waals surface area contributed by atoms with Gasteiger partial charge in [0.1, 0.15) is 0 Å². The van der Waals surface area contributed by atoms with Crippen LogP contribution < -0.4 is 10.6 Å². The van der Waals surface area contributed by atoms with Gasteiger partial charge in [-0.3, -0.25) is 4.79 Å². The number of ether oxygens (including phenoxy) is 1. The van der Waals surface area contributed by atoms with E-state index in [1.165, 1.54) is 0 Å². The molecule has 17 heavy (non-hydrogen) atoms. The average Bonchev–Trinajstić information content (AvgIpc) is 2.77. The molecule has 1 aliphatic heterocycles. The summed E-state index contributed by atoms with van der Waals surface area (Å²) in [5, 5.41) is 6.25. The quantitative estimate of drug-likeness (QED) is 0.520. The van der Waals surface area contributed by atoms with Crippen molar-refractivity contribution in [3.05, 3.63) is 12.2 Å². The second-order valence-corrected chi connectivity index (χ2v) is 4.73. The molecule has 0 radical (unpaired) electrons. The van der Waals surface area contributed by atoms with Crippen LogP contribution in [-0.2, 0) is 9.53 Å². The van der Waals surface area contributed by atoms with Gasteiger partial charge >= 0.3 is 0 Å². The van der Waals surface area contributed by atoms with Gasteiger partial charge in [-0.25, -0.2) is 0 Å². The van der Waals surface area contributed by atoms with Gasteiger partial charge in [0.05, 0.1) is 18.8 Å². The highest BCUT2D eigenvalue weighted by molar-refractivity contribution is 5.86. The van der Waals surface area contributed by atoms with E-state index in [4.69, 9.17) is 4.74 Å². The smallest absolute Gasteiger partial charge is 0.240 e. The molecule has 0 spiro atoms. The molecule has 0 bridgehead atoms. The first-order valence-corrected chi connectivity index (χ1v) is 6.36. The lowest BCUT2D eigenvalue weighted by atomic mass is 9.93. The largest absolute Gasteiger partial charge is 0.375 e. The monoisotopic (exact) mass is 240 g/mol. The van der Waals surface area contributed by atoms with Crippen molar-refractivity contribution >= 4 is 5.91 Å². The number of carbonyl (C=O) groups excluding carboxylic acids is 1. The summed E-state index contributed by atoms with van der Waals surface area (Å²) in [7, 11) is 0. The van der Waals surface area contributed by atoms with Crippen LogP contribution in [0, 0.1) is 0 Å². The van der Waals surface area contributed by atoms with E-state index in [1.54, 1.807) is 0 Å². The van der Waals surface area contributed by atoms with Gasteiger partial charge in [0.25, 0.3) is 0 Å². The minimum absolute atomic E-state index is 0.108. The lowest BCUT2D eigenvalue weighted by Crippen LogP contribution is -2.53. The molecule has 0 saturated carbocycles. The Balaban J connectivity index is 2.22. The lowest BCUT2D eigenvalue weighted by Gasteiger charge is -2.26. The van der Waals surface area contributed by atoms with Crippen molar-refractivity contribution in [1.82, 2.24) is 10.6 Å². The Morgan fingerprint density at radius 1 is 1.59 bits per heavy atom. The van der Waals surface area contributed by atoms with Gasteiger partial charge in [0.2, 0.25) is 5.91 Å². The lowest BCUT2D eigenvalue weighted by molar-refractivity contribution is -0.127. The first-order valence-electron chi connectivity index (χ1n) is 6.36. The Labute approximate surface area is 104 Å². The Morgan fingerprint density at radius 2 is 2.35 bits per heavy atom. The maximum Gasteiger partial charge on any atom is 0.240 e. The Bertz CT molecular complexity index is 271. The summed E-state index contributed by atoms with van der Waals surface area (Å²) in [4.78, 5) is 12.0. The van der Waals surface area contributed by atoms with E-state index in [0.717, 1.165) is 31.4 Å². The third kappa shape index (κ3) is 4.13. The molecule has 1 atom stereocenters. The molecule has 0 aromatic heterocycles. The van der Waals surface area contributed by atoms with E-state index in [-0.39, 0.29) is 11.4 Å². The van der Waals surface area contributed by atoms with Crippen LogP contribution >= 0.6 is 0 Å². The van der Waals surface area contributed by atoms with E-state index in [9.17, 15) is 4.79 Å². The molecule has 2 N–H and O–H groups in total. The molecule has 4 heteroatoms. The van der Waals surface area contributed by atoms with Gasteiger partial charge in [-0.1, -0.05) is 19.1 Å². The van der Waals surface area contributed by atoms with Crippen molar-refractivity contribution in [3.63, 3.8) is 0 Å². The highest BCUT2D eigenvalue weighted by Gasteiger charge is 2.38. The zero-order chi connectivity index (χ0) is 12.7. The first kappa shape index (κ1) is 14.2. The summed E-state index contributed by atoms with van der Waals surface area (Å²) in [6.07, 6.45) is 2.85. The summed E-state index contributed by atoms with van der Waals surface area (Å²) < 4.78 is 5.34. The molecular weight excluding hydrogens is 216 g/mol. The van der Waals surface area contributed by atoms with Crippen LogP contribution in [0.2, 0.25) is 0 Å². The molecule has 1 heterocycles.